The van der Waals surface area contributed by atoms with E-state index in [2.05, 4.69) is 42.9 Å². The van der Waals surface area contributed by atoms with Crippen molar-refractivity contribution in [3.63, 3.8) is 0 Å². The number of rotatable bonds is 25. The summed E-state index contributed by atoms with van der Waals surface area (Å²) in [6, 6.07) is 21.0. The molecule has 418 valence electrons. The molecular formula is C66H90N8O4. The minimum atomic E-state index is -0.758. The van der Waals surface area contributed by atoms with Crippen molar-refractivity contribution in [3.05, 3.63) is 133 Å². The molecule has 0 fully saturated rings. The summed E-state index contributed by atoms with van der Waals surface area (Å²) in [5.74, 6) is -0.291. The second-order valence-electron chi connectivity index (χ2n) is 23.0. The minimum absolute atomic E-state index is 0.271. The lowest BCUT2D eigenvalue weighted by atomic mass is 9.96. The van der Waals surface area contributed by atoms with Gasteiger partial charge < -0.3 is 28.6 Å². The molecule has 6 aromatic rings. The molecule has 0 aliphatic carbocycles. The van der Waals surface area contributed by atoms with Crippen molar-refractivity contribution in [1.82, 2.24) is 39.0 Å². The Kier molecular flexibility index (Phi) is 24.4. The number of fused-ring (bicyclic) bond motifs is 8. The van der Waals surface area contributed by atoms with Gasteiger partial charge in [-0.1, -0.05) is 135 Å². The van der Waals surface area contributed by atoms with Crippen LogP contribution in [0.3, 0.4) is 0 Å². The van der Waals surface area contributed by atoms with E-state index in [9.17, 15) is 9.59 Å². The third-order valence-corrected chi connectivity index (χ3v) is 13.7. The van der Waals surface area contributed by atoms with Gasteiger partial charge >= 0.3 is 11.9 Å². The number of aromatic nitrogens is 8. The normalized spacial score (nSPS) is 12.1. The second-order valence-corrected chi connectivity index (χ2v) is 23.0. The van der Waals surface area contributed by atoms with Crippen molar-refractivity contribution in [3.8, 4) is 11.5 Å². The maximum atomic E-state index is 13.1. The standard InChI is InChI=1S/C36H34N4O4.2C15H28N2/c1-35(2,3)33(41)43-30-8-7-9-31(44-34(42)36(4,5)6)32(30)28-19-27-18-25-13-12-23(38-25)16-21-10-11-22(37-21)17-24-14-15-26(39-24)20-29(28)40-27;2*1-2-3-4-5-6-7-8-9-10-11-13-17-14-12-16-15-17/h7-20,37-38H,1-6H3;2*12,14-15H,2-11,13H2,1H3. The number of carbonyl (C=O) groups excluding carboxylic acids is 2. The first-order valence-electron chi connectivity index (χ1n) is 29.3. The van der Waals surface area contributed by atoms with Crippen LogP contribution in [-0.4, -0.2) is 51.0 Å². The molecule has 7 heterocycles. The molecule has 78 heavy (non-hydrogen) atoms. The van der Waals surface area contributed by atoms with Crippen molar-refractivity contribution in [2.45, 2.75) is 197 Å². The van der Waals surface area contributed by atoms with E-state index < -0.39 is 22.8 Å². The monoisotopic (exact) mass is 1060 g/mol. The van der Waals surface area contributed by atoms with E-state index >= 15 is 0 Å². The van der Waals surface area contributed by atoms with Crippen molar-refractivity contribution < 1.29 is 19.1 Å². The molecule has 2 aliphatic heterocycles. The van der Waals surface area contributed by atoms with Gasteiger partial charge in [-0.05, 0) is 133 Å². The zero-order valence-corrected chi connectivity index (χ0v) is 48.4. The predicted molar refractivity (Wildman–Crippen MR) is 322 cm³/mol. The highest BCUT2D eigenvalue weighted by Gasteiger charge is 2.30. The highest BCUT2D eigenvalue weighted by atomic mass is 16.5. The molecule has 12 nitrogen and oxygen atoms in total. The number of hydrogen-bond acceptors (Lipinski definition) is 8. The van der Waals surface area contributed by atoms with Crippen molar-refractivity contribution in [1.29, 1.82) is 0 Å². The molecular weight excluding hydrogens is 969 g/mol. The summed E-state index contributed by atoms with van der Waals surface area (Å²) in [7, 11) is 0. The van der Waals surface area contributed by atoms with Crippen molar-refractivity contribution >= 4 is 57.8 Å². The molecule has 0 saturated heterocycles. The molecule has 8 rings (SSSR count). The average molecular weight is 1060 g/mol. The molecule has 0 radical (unpaired) electrons. The molecule has 0 spiro atoms. The van der Waals surface area contributed by atoms with Crippen LogP contribution >= 0.6 is 0 Å². The molecule has 0 atom stereocenters. The van der Waals surface area contributed by atoms with E-state index in [0.29, 0.717) is 28.2 Å². The van der Waals surface area contributed by atoms with Crippen LogP contribution in [0.15, 0.2) is 104 Å². The molecule has 8 bridgehead atoms. The number of unbranched alkanes of at least 4 members (excludes halogenated alkanes) is 18. The van der Waals surface area contributed by atoms with Crippen LogP contribution in [0.25, 0.3) is 45.9 Å². The van der Waals surface area contributed by atoms with Crippen LogP contribution < -0.4 is 9.47 Å². The van der Waals surface area contributed by atoms with Gasteiger partial charge in [-0.25, -0.2) is 19.9 Å². The highest BCUT2D eigenvalue weighted by molar-refractivity contribution is 5.98. The van der Waals surface area contributed by atoms with E-state index in [1.165, 1.54) is 128 Å². The van der Waals surface area contributed by atoms with E-state index in [4.69, 9.17) is 19.4 Å². The van der Waals surface area contributed by atoms with Crippen LogP contribution in [0, 0.1) is 10.8 Å². The summed E-state index contributed by atoms with van der Waals surface area (Å²) in [6.45, 7) is 17.6. The minimum Gasteiger partial charge on any atom is -0.425 e. The Balaban J connectivity index is 0.000000237. The van der Waals surface area contributed by atoms with Gasteiger partial charge in [-0.2, -0.15) is 0 Å². The van der Waals surface area contributed by atoms with Crippen molar-refractivity contribution in [2.24, 2.45) is 10.8 Å². The zero-order valence-electron chi connectivity index (χ0n) is 48.4. The molecule has 12 heteroatoms. The Morgan fingerprint density at radius 3 is 1.29 bits per heavy atom. The molecule has 0 unspecified atom stereocenters. The van der Waals surface area contributed by atoms with Crippen LogP contribution in [0.2, 0.25) is 0 Å². The number of benzene rings is 1. The van der Waals surface area contributed by atoms with E-state index in [1.54, 1.807) is 59.7 Å². The van der Waals surface area contributed by atoms with E-state index in [-0.39, 0.29) is 11.5 Å². The molecule has 5 aromatic heterocycles. The number of ether oxygens (including phenoxy) is 2. The van der Waals surface area contributed by atoms with Crippen LogP contribution in [0.5, 0.6) is 11.5 Å². The third-order valence-electron chi connectivity index (χ3n) is 13.7. The van der Waals surface area contributed by atoms with Crippen LogP contribution in [0.1, 0.15) is 212 Å². The summed E-state index contributed by atoms with van der Waals surface area (Å²) in [4.78, 5) is 50.9. The summed E-state index contributed by atoms with van der Waals surface area (Å²) in [5, 5.41) is 0. The average Bonchev–Trinajstić information content (AvgIpc) is 4.39. The van der Waals surface area contributed by atoms with Gasteiger partial charge in [0.1, 0.15) is 11.5 Å². The summed E-state index contributed by atoms with van der Waals surface area (Å²) in [6.07, 6.45) is 45.5. The maximum absolute atomic E-state index is 13.1. The van der Waals surface area contributed by atoms with E-state index in [0.717, 1.165) is 40.9 Å². The number of aryl methyl sites for hydroxylation is 2. The first kappa shape index (κ1) is 60.4. The van der Waals surface area contributed by atoms with E-state index in [1.807, 2.05) is 104 Å². The Labute approximate surface area is 465 Å². The predicted octanol–water partition coefficient (Wildman–Crippen LogP) is 17.6. The maximum Gasteiger partial charge on any atom is 0.316 e. The number of aromatic amines is 2. The highest BCUT2D eigenvalue weighted by Crippen LogP contribution is 2.42. The molecule has 0 saturated carbocycles. The number of nitrogens with one attached hydrogen (secondary N) is 2. The van der Waals surface area contributed by atoms with Gasteiger partial charge in [0, 0.05) is 65.5 Å². The SMILES string of the molecule is CC(C)(C)C(=O)Oc1cccc(OC(=O)C(C)(C)C)c1C1=Cc2cc3ccc(cc4ccc(cc5nc(cc1n2)C=C5)[nH]4)[nH]3.CCCCCCCCCCCCn1ccnc1.CCCCCCCCCCCCn1ccnc1. The summed E-state index contributed by atoms with van der Waals surface area (Å²) < 4.78 is 16.3. The fraction of sp³-hybridized carbons (Fsp3) is 0.485. The Bertz CT molecular complexity index is 2860. The summed E-state index contributed by atoms with van der Waals surface area (Å²) >= 11 is 0. The molecule has 1 aromatic carbocycles. The topological polar surface area (TPSA) is 146 Å². The smallest absolute Gasteiger partial charge is 0.316 e. The van der Waals surface area contributed by atoms with Gasteiger partial charge in [0.2, 0.25) is 0 Å². The quantitative estimate of drug-likeness (QED) is 0.0327. The van der Waals surface area contributed by atoms with Crippen LogP contribution in [-0.2, 0) is 22.7 Å². The number of esters is 2. The van der Waals surface area contributed by atoms with Gasteiger partial charge in [0.25, 0.3) is 0 Å². The second kappa shape index (κ2) is 31.5. The molecule has 2 aliphatic rings. The fourth-order valence-electron chi connectivity index (χ4n) is 9.07. The zero-order chi connectivity index (χ0) is 55.6. The number of carbonyl (C=O) groups is 2. The number of imidazole rings is 2. The largest absolute Gasteiger partial charge is 0.425 e. The lowest BCUT2D eigenvalue weighted by molar-refractivity contribution is -0.143. The van der Waals surface area contributed by atoms with Gasteiger partial charge in [-0.3, -0.25) is 9.59 Å². The lowest BCUT2D eigenvalue weighted by Gasteiger charge is -2.22. The Morgan fingerprint density at radius 1 is 0.487 bits per heavy atom. The van der Waals surface area contributed by atoms with Gasteiger partial charge in [0.15, 0.2) is 0 Å². The Hall–Kier alpha value is -6.82. The van der Waals surface area contributed by atoms with Gasteiger partial charge in [0.05, 0.1) is 51.8 Å². The summed E-state index contributed by atoms with van der Waals surface area (Å²) in [5.41, 5.74) is 6.00. The Morgan fingerprint density at radius 2 is 0.885 bits per heavy atom. The fourth-order valence-corrected chi connectivity index (χ4v) is 9.07. The first-order chi connectivity index (χ1) is 37.7. The first-order valence-corrected chi connectivity index (χ1v) is 29.3. The third kappa shape index (κ3) is 20.9. The number of nitrogens with zero attached hydrogens (tertiary/aromatic N) is 6. The van der Waals surface area contributed by atoms with Gasteiger partial charge in [-0.15, -0.1) is 0 Å². The van der Waals surface area contributed by atoms with Crippen LogP contribution in [0.4, 0.5) is 0 Å². The number of hydrogen-bond donors (Lipinski definition) is 2. The number of H-pyrrole nitrogens is 2. The molecule has 2 N–H and O–H groups in total. The van der Waals surface area contributed by atoms with Crippen molar-refractivity contribution in [2.75, 3.05) is 0 Å². The molecule has 0 amide bonds. The lowest BCUT2D eigenvalue weighted by Crippen LogP contribution is -2.27.